The summed E-state index contributed by atoms with van der Waals surface area (Å²) in [4.78, 5) is 12.5. The molecule has 0 bridgehead atoms. The van der Waals surface area contributed by atoms with Gasteiger partial charge in [-0.05, 0) is 73.2 Å². The van der Waals surface area contributed by atoms with Crippen LogP contribution in [0.1, 0.15) is 57.1 Å². The van der Waals surface area contributed by atoms with Gasteiger partial charge in [-0.15, -0.1) is 0 Å². The number of hydrogen-bond acceptors (Lipinski definition) is 5. The summed E-state index contributed by atoms with van der Waals surface area (Å²) < 4.78 is 0. The lowest BCUT2D eigenvalue weighted by Gasteiger charge is -2.17. The van der Waals surface area contributed by atoms with Crippen molar-refractivity contribution in [2.24, 2.45) is 11.5 Å². The van der Waals surface area contributed by atoms with Crippen LogP contribution < -0.4 is 16.8 Å². The molecule has 7 N–H and O–H groups in total. The van der Waals surface area contributed by atoms with Crippen molar-refractivity contribution < 1.29 is 15.0 Å². The van der Waals surface area contributed by atoms with Gasteiger partial charge in [0.1, 0.15) is 11.5 Å². The van der Waals surface area contributed by atoms with E-state index in [-0.39, 0.29) is 17.4 Å². The first-order chi connectivity index (χ1) is 14.4. The average molecular weight is 414 g/mol. The van der Waals surface area contributed by atoms with E-state index in [0.717, 1.165) is 55.2 Å². The van der Waals surface area contributed by atoms with Crippen molar-refractivity contribution in [1.29, 1.82) is 0 Å². The predicted octanol–water partition coefficient (Wildman–Crippen LogP) is 4.06. The summed E-state index contributed by atoms with van der Waals surface area (Å²) in [7, 11) is 0. The van der Waals surface area contributed by atoms with E-state index in [1.54, 1.807) is 18.2 Å². The molecule has 0 saturated heterocycles. The van der Waals surface area contributed by atoms with Crippen LogP contribution in [0.15, 0.2) is 30.3 Å². The highest BCUT2D eigenvalue weighted by Gasteiger charge is 2.18. The van der Waals surface area contributed by atoms with Gasteiger partial charge in [-0.3, -0.25) is 4.79 Å². The molecule has 0 aliphatic heterocycles. The molecule has 0 saturated carbocycles. The summed E-state index contributed by atoms with van der Waals surface area (Å²) in [6.45, 7) is 4.71. The van der Waals surface area contributed by atoms with Gasteiger partial charge in [0.25, 0.3) is 0 Å². The van der Waals surface area contributed by atoms with Crippen molar-refractivity contribution in [2.45, 2.75) is 64.8 Å². The number of hydrogen-bond donors (Lipinski definition) is 5. The number of aryl methyl sites for hydroxylation is 2. The molecule has 2 rings (SSSR count). The smallest absolute Gasteiger partial charge is 0.241 e. The molecule has 1 atom stereocenters. The molecule has 0 radical (unpaired) electrons. The predicted molar refractivity (Wildman–Crippen MR) is 123 cm³/mol. The first kappa shape index (κ1) is 23.7. The lowest BCUT2D eigenvalue weighted by Crippen LogP contribution is -2.35. The zero-order valence-electron chi connectivity index (χ0n) is 18.1. The van der Waals surface area contributed by atoms with Crippen LogP contribution in [0.5, 0.6) is 11.5 Å². The Morgan fingerprint density at radius 3 is 2.47 bits per heavy atom. The fraction of sp³-hybridized carbons (Fsp3) is 0.458. The Bertz CT molecular complexity index is 852. The zero-order chi connectivity index (χ0) is 22.1. The average Bonchev–Trinajstić information content (AvgIpc) is 2.72. The highest BCUT2D eigenvalue weighted by Crippen LogP contribution is 2.39. The van der Waals surface area contributed by atoms with Crippen LogP contribution in [0.3, 0.4) is 0 Å². The van der Waals surface area contributed by atoms with Gasteiger partial charge in [0.15, 0.2) is 0 Å². The summed E-state index contributed by atoms with van der Waals surface area (Å²) in [5.41, 5.74) is 15.2. The molecule has 0 heterocycles. The van der Waals surface area contributed by atoms with Crippen molar-refractivity contribution in [1.82, 2.24) is 0 Å². The summed E-state index contributed by atoms with van der Waals surface area (Å²) in [5.74, 6) is -0.0634. The third kappa shape index (κ3) is 6.21. The minimum atomic E-state index is -0.654. The van der Waals surface area contributed by atoms with Gasteiger partial charge >= 0.3 is 0 Å². The van der Waals surface area contributed by atoms with E-state index in [9.17, 15) is 15.0 Å². The van der Waals surface area contributed by atoms with Crippen molar-refractivity contribution in [3.8, 4) is 22.6 Å². The largest absolute Gasteiger partial charge is 0.508 e. The number of benzene rings is 2. The second-order valence-electron chi connectivity index (χ2n) is 7.76. The van der Waals surface area contributed by atoms with Gasteiger partial charge in [0, 0.05) is 5.56 Å². The molecule has 30 heavy (non-hydrogen) atoms. The molecule has 0 aliphatic rings. The maximum absolute atomic E-state index is 12.5. The Hall–Kier alpha value is -2.57. The van der Waals surface area contributed by atoms with Gasteiger partial charge in [-0.1, -0.05) is 39.2 Å². The molecule has 1 amide bonds. The first-order valence-electron chi connectivity index (χ1n) is 10.9. The highest BCUT2D eigenvalue weighted by atomic mass is 16.3. The second kappa shape index (κ2) is 11.6. The van der Waals surface area contributed by atoms with Crippen LogP contribution in [-0.2, 0) is 17.6 Å². The molecule has 2 aromatic carbocycles. The Morgan fingerprint density at radius 1 is 1.07 bits per heavy atom. The maximum atomic E-state index is 12.5. The molecule has 6 nitrogen and oxygen atoms in total. The summed E-state index contributed by atoms with van der Waals surface area (Å²) in [6.07, 6.45) is 5.56. The van der Waals surface area contributed by atoms with Crippen LogP contribution in [0.4, 0.5) is 5.69 Å². The summed E-state index contributed by atoms with van der Waals surface area (Å²) >= 11 is 0. The standard InChI is InChI=1S/C24H35N3O3/c1-3-7-16-13-19(17-10-11-22(28)18(15-17)8-4-2)23(29)21(14-16)27-24(30)20(26)9-5-6-12-25/h10-11,13-15,20,28-29H,3-9,12,25-26H2,1-2H3,(H,27,30)/t20-/m0/s1. The normalized spacial score (nSPS) is 12.0. The molecular weight excluding hydrogens is 378 g/mol. The lowest BCUT2D eigenvalue weighted by molar-refractivity contribution is -0.117. The van der Waals surface area contributed by atoms with E-state index < -0.39 is 6.04 Å². The lowest BCUT2D eigenvalue weighted by atomic mass is 9.96. The molecule has 6 heteroatoms. The molecule has 0 fully saturated rings. The number of carbonyl (C=O) groups excluding carboxylic acids is 1. The van der Waals surface area contributed by atoms with Crippen LogP contribution in [0.25, 0.3) is 11.1 Å². The van der Waals surface area contributed by atoms with E-state index in [1.807, 2.05) is 12.1 Å². The van der Waals surface area contributed by atoms with Gasteiger partial charge in [0.2, 0.25) is 5.91 Å². The Labute approximate surface area is 179 Å². The number of phenols is 2. The Kier molecular flexibility index (Phi) is 9.15. The fourth-order valence-corrected chi connectivity index (χ4v) is 3.53. The van der Waals surface area contributed by atoms with Gasteiger partial charge in [-0.25, -0.2) is 0 Å². The van der Waals surface area contributed by atoms with Crippen molar-refractivity contribution in [3.63, 3.8) is 0 Å². The molecule has 0 aliphatic carbocycles. The molecule has 0 aromatic heterocycles. The van der Waals surface area contributed by atoms with E-state index in [2.05, 4.69) is 19.2 Å². The summed E-state index contributed by atoms with van der Waals surface area (Å²) in [6, 6.07) is 8.42. The molecule has 0 unspecified atom stereocenters. The van der Waals surface area contributed by atoms with E-state index in [1.165, 1.54) is 0 Å². The van der Waals surface area contributed by atoms with Crippen molar-refractivity contribution in [3.05, 3.63) is 41.5 Å². The third-order valence-corrected chi connectivity index (χ3v) is 5.18. The highest BCUT2D eigenvalue weighted by molar-refractivity contribution is 5.97. The second-order valence-corrected chi connectivity index (χ2v) is 7.76. The number of nitrogens with one attached hydrogen (secondary N) is 1. The van der Waals surface area contributed by atoms with Gasteiger partial charge in [0.05, 0.1) is 11.7 Å². The summed E-state index contributed by atoms with van der Waals surface area (Å²) in [5, 5.41) is 23.8. The number of phenolic OH excluding ortho intramolecular Hbond substituents is 2. The van der Waals surface area contributed by atoms with Crippen molar-refractivity contribution in [2.75, 3.05) is 11.9 Å². The monoisotopic (exact) mass is 413 g/mol. The van der Waals surface area contributed by atoms with E-state index in [0.29, 0.717) is 24.2 Å². The number of rotatable bonds is 11. The topological polar surface area (TPSA) is 122 Å². The van der Waals surface area contributed by atoms with Gasteiger partial charge < -0.3 is 27.0 Å². The number of unbranched alkanes of at least 4 members (excludes halogenated alkanes) is 1. The Morgan fingerprint density at radius 2 is 1.80 bits per heavy atom. The fourth-order valence-electron chi connectivity index (χ4n) is 3.53. The quantitative estimate of drug-likeness (QED) is 0.281. The molecular formula is C24H35N3O3. The van der Waals surface area contributed by atoms with Gasteiger partial charge in [-0.2, -0.15) is 0 Å². The zero-order valence-corrected chi connectivity index (χ0v) is 18.1. The Balaban J connectivity index is 2.37. The van der Waals surface area contributed by atoms with Crippen LogP contribution in [-0.4, -0.2) is 28.7 Å². The number of amides is 1. The van der Waals surface area contributed by atoms with Crippen LogP contribution >= 0.6 is 0 Å². The van der Waals surface area contributed by atoms with Crippen molar-refractivity contribution >= 4 is 11.6 Å². The number of anilines is 1. The number of carbonyl (C=O) groups is 1. The maximum Gasteiger partial charge on any atom is 0.241 e. The SMILES string of the molecule is CCCc1cc(NC(=O)[C@@H](N)CCCCN)c(O)c(-c2ccc(O)c(CCC)c2)c1. The molecule has 0 spiro atoms. The number of nitrogens with two attached hydrogens (primary N) is 2. The third-order valence-electron chi connectivity index (χ3n) is 5.18. The van der Waals surface area contributed by atoms with E-state index in [4.69, 9.17) is 11.5 Å². The molecule has 2 aromatic rings. The number of aromatic hydroxyl groups is 2. The molecule has 164 valence electrons. The minimum absolute atomic E-state index is 0.00509. The first-order valence-corrected chi connectivity index (χ1v) is 10.9. The van der Waals surface area contributed by atoms with E-state index >= 15 is 0 Å². The van der Waals surface area contributed by atoms with Crippen LogP contribution in [0, 0.1) is 0 Å². The van der Waals surface area contributed by atoms with Crippen LogP contribution in [0.2, 0.25) is 0 Å². The minimum Gasteiger partial charge on any atom is -0.508 e.